The van der Waals surface area contributed by atoms with Crippen LogP contribution in [0.3, 0.4) is 0 Å². The maximum atomic E-state index is 13.2. The molecule has 0 heterocycles. The van der Waals surface area contributed by atoms with Crippen molar-refractivity contribution in [1.29, 1.82) is 0 Å². The molecule has 0 radical (unpaired) electrons. The second-order valence-electron chi connectivity index (χ2n) is 3.72. The summed E-state index contributed by atoms with van der Waals surface area (Å²) in [5.74, 6) is 0.808. The van der Waals surface area contributed by atoms with Gasteiger partial charge in [-0.3, -0.25) is 0 Å². The Morgan fingerprint density at radius 2 is 2.15 bits per heavy atom. The minimum Gasteiger partial charge on any atom is -0.207 e. The first-order valence-corrected chi connectivity index (χ1v) is 5.49. The van der Waals surface area contributed by atoms with Gasteiger partial charge in [0, 0.05) is 4.47 Å². The standard InChI is InChI=1S/C11H12BrF/c12-10-5-6-11(13)9(7-10)4-3-8-1-2-8/h5-8H,1-4H2. The lowest BCUT2D eigenvalue weighted by molar-refractivity contribution is 0.597. The molecule has 0 nitrogen and oxygen atoms in total. The molecule has 0 spiro atoms. The van der Waals surface area contributed by atoms with Crippen molar-refractivity contribution in [2.45, 2.75) is 25.7 Å². The summed E-state index contributed by atoms with van der Waals surface area (Å²) in [5.41, 5.74) is 0.848. The zero-order valence-corrected chi connectivity index (χ0v) is 8.98. The molecule has 0 N–H and O–H groups in total. The maximum Gasteiger partial charge on any atom is 0.126 e. The zero-order valence-electron chi connectivity index (χ0n) is 7.39. The first kappa shape index (κ1) is 9.20. The summed E-state index contributed by atoms with van der Waals surface area (Å²) >= 11 is 3.35. The number of benzene rings is 1. The Balaban J connectivity index is 2.03. The van der Waals surface area contributed by atoms with Crippen LogP contribution in [0, 0.1) is 11.7 Å². The highest BCUT2D eigenvalue weighted by Gasteiger charge is 2.21. The number of hydrogen-bond donors (Lipinski definition) is 0. The predicted octanol–water partition coefficient (Wildman–Crippen LogP) is 3.93. The first-order valence-electron chi connectivity index (χ1n) is 4.69. The van der Waals surface area contributed by atoms with Gasteiger partial charge in [-0.15, -0.1) is 0 Å². The number of halogens is 2. The molecular formula is C11H12BrF. The van der Waals surface area contributed by atoms with E-state index in [-0.39, 0.29) is 5.82 Å². The van der Waals surface area contributed by atoms with Crippen LogP contribution in [0.1, 0.15) is 24.8 Å². The van der Waals surface area contributed by atoms with Crippen LogP contribution in [0.25, 0.3) is 0 Å². The van der Waals surface area contributed by atoms with Crippen LogP contribution in [0.5, 0.6) is 0 Å². The molecule has 70 valence electrons. The topological polar surface area (TPSA) is 0 Å². The molecule has 0 amide bonds. The molecule has 1 aromatic rings. The Hall–Kier alpha value is -0.370. The van der Waals surface area contributed by atoms with Gasteiger partial charge in [0.25, 0.3) is 0 Å². The van der Waals surface area contributed by atoms with Gasteiger partial charge in [0.15, 0.2) is 0 Å². The zero-order chi connectivity index (χ0) is 9.26. The highest BCUT2D eigenvalue weighted by Crippen LogP contribution is 2.34. The fourth-order valence-corrected chi connectivity index (χ4v) is 1.91. The largest absolute Gasteiger partial charge is 0.207 e. The molecule has 2 rings (SSSR count). The van der Waals surface area contributed by atoms with Crippen molar-refractivity contribution in [2.24, 2.45) is 5.92 Å². The van der Waals surface area contributed by atoms with E-state index in [2.05, 4.69) is 15.9 Å². The van der Waals surface area contributed by atoms with Gasteiger partial charge in [0.05, 0.1) is 0 Å². The average Bonchev–Trinajstić information content (AvgIpc) is 2.90. The molecule has 0 aliphatic heterocycles. The molecule has 0 saturated heterocycles. The highest BCUT2D eigenvalue weighted by atomic mass is 79.9. The van der Waals surface area contributed by atoms with Gasteiger partial charge >= 0.3 is 0 Å². The summed E-state index contributed by atoms with van der Waals surface area (Å²) in [4.78, 5) is 0. The molecule has 0 aromatic heterocycles. The molecule has 13 heavy (non-hydrogen) atoms. The Kier molecular flexibility index (Phi) is 2.68. The van der Waals surface area contributed by atoms with Gasteiger partial charge in [0.1, 0.15) is 5.82 Å². The Morgan fingerprint density at radius 3 is 2.85 bits per heavy atom. The third-order valence-corrected chi connectivity index (χ3v) is 3.02. The van der Waals surface area contributed by atoms with E-state index in [1.54, 1.807) is 6.07 Å². The van der Waals surface area contributed by atoms with Crippen molar-refractivity contribution in [1.82, 2.24) is 0 Å². The molecular weight excluding hydrogens is 231 g/mol. The van der Waals surface area contributed by atoms with E-state index >= 15 is 0 Å². The smallest absolute Gasteiger partial charge is 0.126 e. The van der Waals surface area contributed by atoms with Crippen molar-refractivity contribution in [3.05, 3.63) is 34.1 Å². The highest BCUT2D eigenvalue weighted by molar-refractivity contribution is 9.10. The Labute approximate surface area is 86.3 Å². The number of aryl methyl sites for hydroxylation is 1. The second kappa shape index (κ2) is 3.79. The number of rotatable bonds is 3. The van der Waals surface area contributed by atoms with E-state index in [0.29, 0.717) is 0 Å². The van der Waals surface area contributed by atoms with Gasteiger partial charge in [-0.25, -0.2) is 4.39 Å². The van der Waals surface area contributed by atoms with Crippen molar-refractivity contribution in [3.63, 3.8) is 0 Å². The molecule has 1 aliphatic rings. The van der Waals surface area contributed by atoms with Crippen molar-refractivity contribution >= 4 is 15.9 Å². The second-order valence-corrected chi connectivity index (χ2v) is 4.63. The lowest BCUT2D eigenvalue weighted by atomic mass is 10.1. The Bertz CT molecular complexity index is 305. The summed E-state index contributed by atoms with van der Waals surface area (Å²) in [6, 6.07) is 5.17. The molecule has 1 aliphatic carbocycles. The number of hydrogen-bond acceptors (Lipinski definition) is 0. The van der Waals surface area contributed by atoms with Gasteiger partial charge in [-0.2, -0.15) is 0 Å². The van der Waals surface area contributed by atoms with Crippen LogP contribution in [0.4, 0.5) is 4.39 Å². The van der Waals surface area contributed by atoms with Gasteiger partial charge in [0.2, 0.25) is 0 Å². The van der Waals surface area contributed by atoms with E-state index in [1.165, 1.54) is 18.9 Å². The van der Waals surface area contributed by atoms with Crippen molar-refractivity contribution in [3.8, 4) is 0 Å². The minimum atomic E-state index is -0.0659. The lowest BCUT2D eigenvalue weighted by Crippen LogP contribution is -1.91. The minimum absolute atomic E-state index is 0.0659. The average molecular weight is 243 g/mol. The summed E-state index contributed by atoms with van der Waals surface area (Å²) in [5, 5.41) is 0. The van der Waals surface area contributed by atoms with E-state index in [9.17, 15) is 4.39 Å². The van der Waals surface area contributed by atoms with Crippen molar-refractivity contribution < 1.29 is 4.39 Å². The van der Waals surface area contributed by atoms with Crippen LogP contribution in [-0.2, 0) is 6.42 Å². The Morgan fingerprint density at radius 1 is 1.38 bits per heavy atom. The predicted molar refractivity (Wildman–Crippen MR) is 55.1 cm³/mol. The molecule has 0 bridgehead atoms. The van der Waals surface area contributed by atoms with E-state index < -0.39 is 0 Å². The van der Waals surface area contributed by atoms with Crippen LogP contribution in [0.15, 0.2) is 22.7 Å². The summed E-state index contributed by atoms with van der Waals surface area (Å²) in [6.45, 7) is 0. The fourth-order valence-electron chi connectivity index (χ4n) is 1.50. The van der Waals surface area contributed by atoms with E-state index in [4.69, 9.17) is 0 Å². The molecule has 1 fully saturated rings. The third-order valence-electron chi connectivity index (χ3n) is 2.53. The van der Waals surface area contributed by atoms with E-state index in [1.807, 2.05) is 6.07 Å². The molecule has 0 atom stereocenters. The SMILES string of the molecule is Fc1ccc(Br)cc1CCC1CC1. The summed E-state index contributed by atoms with van der Waals surface area (Å²) in [6.07, 6.45) is 4.72. The van der Waals surface area contributed by atoms with E-state index in [0.717, 1.165) is 28.8 Å². The van der Waals surface area contributed by atoms with Crippen LogP contribution in [-0.4, -0.2) is 0 Å². The quantitative estimate of drug-likeness (QED) is 0.754. The maximum absolute atomic E-state index is 13.2. The molecule has 0 unspecified atom stereocenters. The first-order chi connectivity index (χ1) is 6.25. The third kappa shape index (κ3) is 2.53. The summed E-state index contributed by atoms with van der Waals surface area (Å²) < 4.78 is 14.2. The van der Waals surface area contributed by atoms with Gasteiger partial charge in [-0.1, -0.05) is 28.8 Å². The summed E-state index contributed by atoms with van der Waals surface area (Å²) in [7, 11) is 0. The molecule has 1 saturated carbocycles. The van der Waals surface area contributed by atoms with Crippen LogP contribution in [0.2, 0.25) is 0 Å². The molecule has 2 heteroatoms. The van der Waals surface area contributed by atoms with Crippen LogP contribution < -0.4 is 0 Å². The van der Waals surface area contributed by atoms with Crippen molar-refractivity contribution in [2.75, 3.05) is 0 Å². The van der Waals surface area contributed by atoms with Gasteiger partial charge in [-0.05, 0) is 42.5 Å². The van der Waals surface area contributed by atoms with Crippen LogP contribution >= 0.6 is 15.9 Å². The normalized spacial score (nSPS) is 16.2. The van der Waals surface area contributed by atoms with Gasteiger partial charge < -0.3 is 0 Å². The fraction of sp³-hybridized carbons (Fsp3) is 0.455. The lowest BCUT2D eigenvalue weighted by Gasteiger charge is -2.02. The molecule has 1 aromatic carbocycles. The monoisotopic (exact) mass is 242 g/mol.